The van der Waals surface area contributed by atoms with Gasteiger partial charge in [-0.15, -0.1) is 12.4 Å². The van der Waals surface area contributed by atoms with E-state index in [2.05, 4.69) is 28.4 Å². The van der Waals surface area contributed by atoms with Crippen LogP contribution in [-0.4, -0.2) is 37.7 Å². The lowest BCUT2D eigenvalue weighted by molar-refractivity contribution is 0.147. The molecule has 2 heterocycles. The number of methoxy groups -OCH3 is 1. The first kappa shape index (κ1) is 14.6. The Morgan fingerprint density at radius 1 is 1.21 bits per heavy atom. The minimum atomic E-state index is 0. The van der Waals surface area contributed by atoms with Gasteiger partial charge in [0.25, 0.3) is 0 Å². The van der Waals surface area contributed by atoms with Crippen LogP contribution in [0.25, 0.3) is 0 Å². The summed E-state index contributed by atoms with van der Waals surface area (Å²) in [6.45, 7) is 4.67. The zero-order valence-corrected chi connectivity index (χ0v) is 12.3. The van der Waals surface area contributed by atoms with Gasteiger partial charge in [0.15, 0.2) is 0 Å². The molecule has 0 amide bonds. The fourth-order valence-electron chi connectivity index (χ4n) is 3.16. The third-order valence-corrected chi connectivity index (χ3v) is 4.28. The highest BCUT2D eigenvalue weighted by atomic mass is 35.5. The van der Waals surface area contributed by atoms with E-state index >= 15 is 0 Å². The van der Waals surface area contributed by atoms with Gasteiger partial charge in [0, 0.05) is 19.1 Å². The highest BCUT2D eigenvalue weighted by molar-refractivity contribution is 5.85. The van der Waals surface area contributed by atoms with Crippen molar-refractivity contribution in [3.05, 3.63) is 29.3 Å². The van der Waals surface area contributed by atoms with Crippen LogP contribution >= 0.6 is 12.4 Å². The smallest absolute Gasteiger partial charge is 0.119 e. The lowest BCUT2D eigenvalue weighted by Gasteiger charge is -2.37. The second-order valence-electron chi connectivity index (χ2n) is 5.34. The Morgan fingerprint density at radius 3 is 2.74 bits per heavy atom. The number of hydrogen-bond donors (Lipinski definition) is 1. The third kappa shape index (κ3) is 3.22. The molecule has 3 rings (SSSR count). The van der Waals surface area contributed by atoms with Gasteiger partial charge in [-0.1, -0.05) is 6.07 Å². The van der Waals surface area contributed by atoms with E-state index < -0.39 is 0 Å². The number of benzene rings is 1. The van der Waals surface area contributed by atoms with Crippen molar-refractivity contribution in [3.8, 4) is 5.75 Å². The molecular weight excluding hydrogens is 260 g/mol. The summed E-state index contributed by atoms with van der Waals surface area (Å²) in [4.78, 5) is 2.66. The molecule has 1 aromatic carbocycles. The summed E-state index contributed by atoms with van der Waals surface area (Å²) >= 11 is 0. The standard InChI is InChI=1S/C15H22N2O.ClH/c1-18-15-3-2-13-11-17(9-6-12(13)10-15)14-4-7-16-8-5-14;/h2-3,10,14,16H,4-9,11H2,1H3;1H. The van der Waals surface area contributed by atoms with Crippen LogP contribution in [-0.2, 0) is 13.0 Å². The van der Waals surface area contributed by atoms with E-state index in [1.54, 1.807) is 7.11 Å². The number of nitrogens with zero attached hydrogens (tertiary/aromatic N) is 1. The van der Waals surface area contributed by atoms with Crippen molar-refractivity contribution in [1.29, 1.82) is 0 Å². The van der Waals surface area contributed by atoms with Gasteiger partial charge in [0.2, 0.25) is 0 Å². The molecule has 0 radical (unpaired) electrons. The lowest BCUT2D eigenvalue weighted by atomic mass is 9.95. The summed E-state index contributed by atoms with van der Waals surface area (Å²) in [7, 11) is 1.74. The van der Waals surface area contributed by atoms with Gasteiger partial charge < -0.3 is 10.1 Å². The second-order valence-corrected chi connectivity index (χ2v) is 5.34. The Hall–Kier alpha value is -0.770. The van der Waals surface area contributed by atoms with E-state index in [0.29, 0.717) is 0 Å². The summed E-state index contributed by atoms with van der Waals surface area (Å²) in [6, 6.07) is 7.31. The summed E-state index contributed by atoms with van der Waals surface area (Å²) in [5.41, 5.74) is 2.96. The maximum atomic E-state index is 5.30. The van der Waals surface area contributed by atoms with Gasteiger partial charge >= 0.3 is 0 Å². The van der Waals surface area contributed by atoms with Crippen molar-refractivity contribution < 1.29 is 4.74 Å². The maximum absolute atomic E-state index is 5.30. The topological polar surface area (TPSA) is 24.5 Å². The Balaban J connectivity index is 0.00000133. The minimum absolute atomic E-state index is 0. The van der Waals surface area contributed by atoms with Crippen LogP contribution in [0.3, 0.4) is 0 Å². The van der Waals surface area contributed by atoms with E-state index in [4.69, 9.17) is 4.74 Å². The van der Waals surface area contributed by atoms with Gasteiger partial charge in [-0.25, -0.2) is 0 Å². The minimum Gasteiger partial charge on any atom is -0.497 e. The van der Waals surface area contributed by atoms with Crippen molar-refractivity contribution in [3.63, 3.8) is 0 Å². The fourth-order valence-corrected chi connectivity index (χ4v) is 3.16. The normalized spacial score (nSPS) is 20.5. The second kappa shape index (κ2) is 6.60. The summed E-state index contributed by atoms with van der Waals surface area (Å²) in [6.07, 6.45) is 3.76. The van der Waals surface area contributed by atoms with Crippen molar-refractivity contribution >= 4 is 12.4 Å². The molecule has 4 heteroatoms. The molecule has 1 saturated heterocycles. The quantitative estimate of drug-likeness (QED) is 0.900. The number of ether oxygens (including phenoxy) is 1. The monoisotopic (exact) mass is 282 g/mol. The zero-order chi connectivity index (χ0) is 12.4. The molecule has 3 nitrogen and oxygen atoms in total. The summed E-state index contributed by atoms with van der Waals surface area (Å²) in [5, 5.41) is 3.44. The molecule has 0 atom stereocenters. The van der Waals surface area contributed by atoms with Gasteiger partial charge in [-0.05, 0) is 55.6 Å². The number of piperidine rings is 1. The van der Waals surface area contributed by atoms with Crippen LogP contribution < -0.4 is 10.1 Å². The van der Waals surface area contributed by atoms with E-state index in [1.165, 1.54) is 43.6 Å². The van der Waals surface area contributed by atoms with Crippen molar-refractivity contribution in [1.82, 2.24) is 10.2 Å². The number of nitrogens with one attached hydrogen (secondary N) is 1. The molecule has 0 saturated carbocycles. The Labute approximate surface area is 121 Å². The molecule has 0 bridgehead atoms. The molecule has 106 valence electrons. The average Bonchev–Trinajstić information content (AvgIpc) is 2.47. The first-order valence-electron chi connectivity index (χ1n) is 6.97. The molecular formula is C15H23ClN2O. The summed E-state index contributed by atoms with van der Waals surface area (Å²) < 4.78 is 5.30. The molecule has 1 aromatic rings. The van der Waals surface area contributed by atoms with E-state index in [0.717, 1.165) is 24.8 Å². The van der Waals surface area contributed by atoms with Gasteiger partial charge in [0.05, 0.1) is 7.11 Å². The molecule has 0 spiro atoms. The summed E-state index contributed by atoms with van der Waals surface area (Å²) in [5.74, 6) is 0.990. The molecule has 0 unspecified atom stereocenters. The maximum Gasteiger partial charge on any atom is 0.119 e. The number of rotatable bonds is 2. The Morgan fingerprint density at radius 2 is 2.00 bits per heavy atom. The van der Waals surface area contributed by atoms with E-state index in [1.807, 2.05) is 0 Å². The zero-order valence-electron chi connectivity index (χ0n) is 11.5. The largest absolute Gasteiger partial charge is 0.497 e. The van der Waals surface area contributed by atoms with Crippen molar-refractivity contribution in [2.75, 3.05) is 26.7 Å². The van der Waals surface area contributed by atoms with E-state index in [-0.39, 0.29) is 12.4 Å². The SMILES string of the molecule is COc1ccc2c(c1)CCN(C1CCNCC1)C2.Cl. The highest BCUT2D eigenvalue weighted by Gasteiger charge is 2.24. The van der Waals surface area contributed by atoms with Crippen molar-refractivity contribution in [2.45, 2.75) is 31.8 Å². The van der Waals surface area contributed by atoms with Crippen LogP contribution in [0.4, 0.5) is 0 Å². The van der Waals surface area contributed by atoms with Crippen LogP contribution in [0, 0.1) is 0 Å². The van der Waals surface area contributed by atoms with Gasteiger partial charge in [-0.3, -0.25) is 4.90 Å². The average molecular weight is 283 g/mol. The Bertz CT molecular complexity index is 419. The third-order valence-electron chi connectivity index (χ3n) is 4.28. The molecule has 2 aliphatic rings. The van der Waals surface area contributed by atoms with Crippen LogP contribution in [0.5, 0.6) is 5.75 Å². The molecule has 0 aromatic heterocycles. The van der Waals surface area contributed by atoms with Gasteiger partial charge in [0.1, 0.15) is 5.75 Å². The first-order valence-corrected chi connectivity index (χ1v) is 6.97. The molecule has 1 N–H and O–H groups in total. The van der Waals surface area contributed by atoms with E-state index in [9.17, 15) is 0 Å². The van der Waals surface area contributed by atoms with Crippen LogP contribution in [0.2, 0.25) is 0 Å². The number of fused-ring (bicyclic) bond motifs is 1. The fraction of sp³-hybridized carbons (Fsp3) is 0.600. The predicted octanol–water partition coefficient (Wildman–Crippen LogP) is 2.23. The van der Waals surface area contributed by atoms with Crippen LogP contribution in [0.15, 0.2) is 18.2 Å². The predicted molar refractivity (Wildman–Crippen MR) is 80.2 cm³/mol. The molecule has 2 aliphatic heterocycles. The lowest BCUT2D eigenvalue weighted by Crippen LogP contribution is -2.45. The number of hydrogen-bond acceptors (Lipinski definition) is 3. The van der Waals surface area contributed by atoms with Crippen LogP contribution in [0.1, 0.15) is 24.0 Å². The highest BCUT2D eigenvalue weighted by Crippen LogP contribution is 2.26. The number of halogens is 1. The molecule has 19 heavy (non-hydrogen) atoms. The molecule has 0 aliphatic carbocycles. The first-order chi connectivity index (χ1) is 8.86. The Kier molecular flexibility index (Phi) is 5.08. The molecule has 1 fully saturated rings. The van der Waals surface area contributed by atoms with Crippen molar-refractivity contribution in [2.24, 2.45) is 0 Å². The van der Waals surface area contributed by atoms with Gasteiger partial charge in [-0.2, -0.15) is 0 Å².